The second kappa shape index (κ2) is 11.2. The molecule has 0 aromatic heterocycles. The Kier molecular flexibility index (Phi) is 10.0. The van der Waals surface area contributed by atoms with Crippen molar-refractivity contribution in [2.45, 2.75) is 32.1 Å². The molecule has 0 aliphatic carbocycles. The maximum Gasteiger partial charge on any atom is 0.191 e. The summed E-state index contributed by atoms with van der Waals surface area (Å²) in [6.07, 6.45) is 1.83. The zero-order valence-corrected chi connectivity index (χ0v) is 19.2. The topological polar surface area (TPSA) is 54.9 Å². The first-order valence-electron chi connectivity index (χ1n) is 8.87. The van der Waals surface area contributed by atoms with Crippen LogP contribution in [-0.4, -0.2) is 46.4 Å². The lowest BCUT2D eigenvalue weighted by Crippen LogP contribution is -2.48. The van der Waals surface area contributed by atoms with Gasteiger partial charge in [0.05, 0.1) is 7.11 Å². The Labute approximate surface area is 179 Å². The van der Waals surface area contributed by atoms with E-state index in [1.165, 1.54) is 0 Å². The first-order chi connectivity index (χ1) is 12.0. The lowest BCUT2D eigenvalue weighted by Gasteiger charge is -2.39. The highest BCUT2D eigenvalue weighted by Gasteiger charge is 2.37. The smallest absolute Gasteiger partial charge is 0.191 e. The molecule has 1 fully saturated rings. The molecule has 1 aliphatic heterocycles. The van der Waals surface area contributed by atoms with Gasteiger partial charge in [0, 0.05) is 49.4 Å². The summed E-state index contributed by atoms with van der Waals surface area (Å²) in [7, 11) is 3.50. The van der Waals surface area contributed by atoms with Gasteiger partial charge in [-0.1, -0.05) is 25.4 Å². The molecular weight excluding hydrogens is 465 g/mol. The van der Waals surface area contributed by atoms with E-state index in [4.69, 9.17) is 21.1 Å². The molecule has 0 saturated carbocycles. The predicted molar refractivity (Wildman–Crippen MR) is 119 cm³/mol. The number of hydrogen-bond acceptors (Lipinski definition) is 3. The van der Waals surface area contributed by atoms with Crippen LogP contribution in [0.1, 0.15) is 32.3 Å². The fraction of sp³-hybridized carbons (Fsp3) is 0.632. The van der Waals surface area contributed by atoms with Gasteiger partial charge in [-0.15, -0.1) is 24.0 Å². The molecule has 0 radical (unpaired) electrons. The average molecular weight is 496 g/mol. The molecule has 2 rings (SSSR count). The molecule has 0 atom stereocenters. The van der Waals surface area contributed by atoms with Gasteiger partial charge in [0.25, 0.3) is 0 Å². The lowest BCUT2D eigenvalue weighted by atomic mass is 9.73. The predicted octanol–water partition coefficient (Wildman–Crippen LogP) is 3.84. The van der Waals surface area contributed by atoms with Crippen LogP contribution in [0.4, 0.5) is 0 Å². The molecule has 26 heavy (non-hydrogen) atoms. The molecule has 0 spiro atoms. The van der Waals surface area contributed by atoms with Gasteiger partial charge >= 0.3 is 0 Å². The summed E-state index contributed by atoms with van der Waals surface area (Å²) in [5.74, 6) is 2.25. The number of hydrogen-bond donors (Lipinski definition) is 2. The SMILES string of the molecule is CN=C(NCC(C)C)NCC1(c2cc(Cl)ccc2OC)CCOCC1.I. The second-order valence-electron chi connectivity index (χ2n) is 6.94. The molecule has 148 valence electrons. The van der Waals surface area contributed by atoms with E-state index in [0.717, 1.165) is 61.4 Å². The van der Waals surface area contributed by atoms with Gasteiger partial charge in [0.2, 0.25) is 0 Å². The van der Waals surface area contributed by atoms with Crippen molar-refractivity contribution in [3.8, 4) is 5.75 Å². The van der Waals surface area contributed by atoms with Crippen LogP contribution >= 0.6 is 35.6 Å². The number of aliphatic imine (C=N–C) groups is 1. The van der Waals surface area contributed by atoms with E-state index in [9.17, 15) is 0 Å². The number of halogens is 2. The van der Waals surface area contributed by atoms with E-state index >= 15 is 0 Å². The average Bonchev–Trinajstić information content (AvgIpc) is 2.62. The van der Waals surface area contributed by atoms with Gasteiger partial charge in [-0.25, -0.2) is 0 Å². The van der Waals surface area contributed by atoms with E-state index in [-0.39, 0.29) is 29.4 Å². The number of guanidine groups is 1. The summed E-state index contributed by atoms with van der Waals surface area (Å²) in [5.41, 5.74) is 1.04. The van der Waals surface area contributed by atoms with Crippen LogP contribution in [0, 0.1) is 5.92 Å². The quantitative estimate of drug-likeness (QED) is 0.358. The third-order valence-electron chi connectivity index (χ3n) is 4.68. The van der Waals surface area contributed by atoms with Gasteiger partial charge in [-0.3, -0.25) is 4.99 Å². The van der Waals surface area contributed by atoms with Crippen LogP contribution in [0.5, 0.6) is 5.75 Å². The highest BCUT2D eigenvalue weighted by Crippen LogP contribution is 2.40. The van der Waals surface area contributed by atoms with Crippen molar-refractivity contribution in [3.05, 3.63) is 28.8 Å². The Morgan fingerprint density at radius 2 is 2.00 bits per heavy atom. The first kappa shape index (κ1) is 23.3. The number of methoxy groups -OCH3 is 1. The number of nitrogens with zero attached hydrogens (tertiary/aromatic N) is 1. The molecule has 1 aliphatic rings. The standard InChI is InChI=1S/C19H30ClN3O2.HI/c1-14(2)12-22-18(21-3)23-13-19(7-9-25-10-8-19)16-11-15(20)5-6-17(16)24-4;/h5-6,11,14H,7-10,12-13H2,1-4H3,(H2,21,22,23);1H. The minimum Gasteiger partial charge on any atom is -0.496 e. The molecule has 0 bridgehead atoms. The number of rotatable bonds is 6. The van der Waals surface area contributed by atoms with Crippen molar-refractivity contribution in [2.75, 3.05) is 40.5 Å². The molecule has 1 aromatic rings. The number of benzene rings is 1. The summed E-state index contributed by atoms with van der Waals surface area (Å²) >= 11 is 6.29. The van der Waals surface area contributed by atoms with Crippen LogP contribution in [0.2, 0.25) is 5.02 Å². The van der Waals surface area contributed by atoms with Crippen LogP contribution in [0.3, 0.4) is 0 Å². The fourth-order valence-electron chi connectivity index (χ4n) is 3.17. The van der Waals surface area contributed by atoms with Crippen LogP contribution in [-0.2, 0) is 10.2 Å². The fourth-order valence-corrected chi connectivity index (χ4v) is 3.34. The van der Waals surface area contributed by atoms with Gasteiger partial charge in [-0.05, 0) is 37.0 Å². The second-order valence-corrected chi connectivity index (χ2v) is 7.37. The number of nitrogens with one attached hydrogen (secondary N) is 2. The Bertz CT molecular complexity index is 590. The molecule has 7 heteroatoms. The van der Waals surface area contributed by atoms with E-state index in [1.54, 1.807) is 14.2 Å². The van der Waals surface area contributed by atoms with Crippen LogP contribution in [0.25, 0.3) is 0 Å². The Morgan fingerprint density at radius 1 is 1.31 bits per heavy atom. The maximum absolute atomic E-state index is 6.29. The van der Waals surface area contributed by atoms with Crippen molar-refractivity contribution in [3.63, 3.8) is 0 Å². The van der Waals surface area contributed by atoms with Gasteiger partial charge in [0.1, 0.15) is 5.75 Å². The van der Waals surface area contributed by atoms with Crippen molar-refractivity contribution in [1.29, 1.82) is 0 Å². The summed E-state index contributed by atoms with van der Waals surface area (Å²) in [5, 5.41) is 7.58. The van der Waals surface area contributed by atoms with E-state index < -0.39 is 0 Å². The van der Waals surface area contributed by atoms with Gasteiger partial charge in [0.15, 0.2) is 5.96 Å². The molecule has 1 saturated heterocycles. The normalized spacial score (nSPS) is 16.8. The third kappa shape index (κ3) is 6.16. The molecular formula is C19H31ClIN3O2. The highest BCUT2D eigenvalue weighted by molar-refractivity contribution is 14.0. The van der Waals surface area contributed by atoms with E-state index in [1.807, 2.05) is 18.2 Å². The molecule has 0 unspecified atom stereocenters. The first-order valence-corrected chi connectivity index (χ1v) is 9.25. The summed E-state index contributed by atoms with van der Waals surface area (Å²) in [4.78, 5) is 4.34. The zero-order chi connectivity index (χ0) is 18.3. The lowest BCUT2D eigenvalue weighted by molar-refractivity contribution is 0.0505. The number of ether oxygens (including phenoxy) is 2. The Balaban J connectivity index is 0.00000338. The zero-order valence-electron chi connectivity index (χ0n) is 16.1. The Hall–Kier alpha value is -0.730. The maximum atomic E-state index is 6.29. The molecule has 0 amide bonds. The molecule has 1 heterocycles. The minimum atomic E-state index is -0.0933. The third-order valence-corrected chi connectivity index (χ3v) is 4.91. The summed E-state index contributed by atoms with van der Waals surface area (Å²) in [6.45, 7) is 7.46. The van der Waals surface area contributed by atoms with Crippen LogP contribution < -0.4 is 15.4 Å². The van der Waals surface area contributed by atoms with Crippen molar-refractivity contribution >= 4 is 41.5 Å². The minimum absolute atomic E-state index is 0. The van der Waals surface area contributed by atoms with Crippen LogP contribution in [0.15, 0.2) is 23.2 Å². The molecule has 2 N–H and O–H groups in total. The Morgan fingerprint density at radius 3 is 2.58 bits per heavy atom. The van der Waals surface area contributed by atoms with Crippen molar-refractivity contribution < 1.29 is 9.47 Å². The van der Waals surface area contributed by atoms with E-state index in [0.29, 0.717) is 5.92 Å². The largest absolute Gasteiger partial charge is 0.496 e. The van der Waals surface area contributed by atoms with Gasteiger partial charge in [-0.2, -0.15) is 0 Å². The molecule has 5 nitrogen and oxygen atoms in total. The van der Waals surface area contributed by atoms with Crippen molar-refractivity contribution in [1.82, 2.24) is 10.6 Å². The monoisotopic (exact) mass is 495 g/mol. The summed E-state index contributed by atoms with van der Waals surface area (Å²) in [6, 6.07) is 5.84. The summed E-state index contributed by atoms with van der Waals surface area (Å²) < 4.78 is 11.2. The van der Waals surface area contributed by atoms with E-state index in [2.05, 4.69) is 29.5 Å². The van der Waals surface area contributed by atoms with Crippen molar-refractivity contribution in [2.24, 2.45) is 10.9 Å². The highest BCUT2D eigenvalue weighted by atomic mass is 127. The molecule has 1 aromatic carbocycles. The van der Waals surface area contributed by atoms with Gasteiger partial charge < -0.3 is 20.1 Å².